The molecule has 0 spiro atoms. The molecule has 3 aromatic rings. The molecule has 0 atom stereocenters. The van der Waals surface area contributed by atoms with Gasteiger partial charge in [-0.3, -0.25) is 0 Å². The van der Waals surface area contributed by atoms with Gasteiger partial charge < -0.3 is 4.74 Å². The van der Waals surface area contributed by atoms with Crippen LogP contribution in [-0.4, -0.2) is 6.36 Å². The molecule has 0 aromatic heterocycles. The van der Waals surface area contributed by atoms with E-state index in [4.69, 9.17) is 0 Å². The molecule has 170 valence electrons. The predicted molar refractivity (Wildman–Crippen MR) is 116 cm³/mol. The van der Waals surface area contributed by atoms with Crippen LogP contribution >= 0.6 is 0 Å². The van der Waals surface area contributed by atoms with Gasteiger partial charge in [0, 0.05) is 0 Å². The van der Waals surface area contributed by atoms with E-state index in [0.717, 1.165) is 32.1 Å². The number of benzene rings is 3. The van der Waals surface area contributed by atoms with Crippen LogP contribution < -0.4 is 4.74 Å². The molecule has 0 aliphatic heterocycles. The first-order valence-electron chi connectivity index (χ1n) is 11.0. The number of halogens is 5. The van der Waals surface area contributed by atoms with Crippen molar-refractivity contribution >= 4 is 10.8 Å². The van der Waals surface area contributed by atoms with E-state index in [-0.39, 0.29) is 17.2 Å². The molecule has 0 heterocycles. The first kappa shape index (κ1) is 22.6. The molecule has 0 radical (unpaired) electrons. The summed E-state index contributed by atoms with van der Waals surface area (Å²) >= 11 is 0. The van der Waals surface area contributed by atoms with E-state index in [0.29, 0.717) is 27.8 Å². The molecule has 1 fully saturated rings. The Morgan fingerprint density at radius 1 is 0.844 bits per heavy atom. The summed E-state index contributed by atoms with van der Waals surface area (Å²) in [4.78, 5) is 0. The molecular formula is C26H25F5O. The van der Waals surface area contributed by atoms with Crippen molar-refractivity contribution in [2.45, 2.75) is 57.7 Å². The Hall–Kier alpha value is -2.63. The maximum atomic E-state index is 15.0. The second kappa shape index (κ2) is 9.08. The zero-order chi connectivity index (χ0) is 22.9. The van der Waals surface area contributed by atoms with Crippen LogP contribution in [0.5, 0.6) is 5.75 Å². The van der Waals surface area contributed by atoms with Gasteiger partial charge in [-0.2, -0.15) is 0 Å². The van der Waals surface area contributed by atoms with Gasteiger partial charge >= 0.3 is 6.36 Å². The van der Waals surface area contributed by atoms with Crippen LogP contribution in [0.3, 0.4) is 0 Å². The highest BCUT2D eigenvalue weighted by molar-refractivity contribution is 5.88. The molecule has 3 aromatic carbocycles. The van der Waals surface area contributed by atoms with Crippen LogP contribution in [-0.2, 0) is 0 Å². The molecule has 0 unspecified atom stereocenters. The largest absolute Gasteiger partial charge is 0.573 e. The monoisotopic (exact) mass is 448 g/mol. The third-order valence-electron chi connectivity index (χ3n) is 6.41. The number of rotatable bonds is 5. The molecule has 1 aliphatic carbocycles. The lowest BCUT2D eigenvalue weighted by molar-refractivity contribution is -0.274. The maximum Gasteiger partial charge on any atom is 0.573 e. The van der Waals surface area contributed by atoms with Crippen molar-refractivity contribution in [3.8, 4) is 16.9 Å². The van der Waals surface area contributed by atoms with Gasteiger partial charge in [0.15, 0.2) is 0 Å². The second-order valence-corrected chi connectivity index (χ2v) is 8.64. The van der Waals surface area contributed by atoms with Gasteiger partial charge in [0.25, 0.3) is 0 Å². The first-order valence-corrected chi connectivity index (χ1v) is 11.0. The van der Waals surface area contributed by atoms with E-state index in [9.17, 15) is 13.2 Å². The molecule has 1 saturated carbocycles. The van der Waals surface area contributed by atoms with Gasteiger partial charge in [0.05, 0.1) is 5.56 Å². The highest BCUT2D eigenvalue weighted by Crippen LogP contribution is 2.40. The quantitative estimate of drug-likeness (QED) is 0.355. The normalized spacial score (nSPS) is 19.3. The van der Waals surface area contributed by atoms with Crippen molar-refractivity contribution in [2.75, 3.05) is 0 Å². The fourth-order valence-electron chi connectivity index (χ4n) is 4.87. The topological polar surface area (TPSA) is 9.23 Å². The zero-order valence-corrected chi connectivity index (χ0v) is 17.8. The van der Waals surface area contributed by atoms with Crippen LogP contribution in [0.15, 0.2) is 48.5 Å². The lowest BCUT2D eigenvalue weighted by atomic mass is 9.77. The van der Waals surface area contributed by atoms with Crippen molar-refractivity contribution < 1.29 is 26.7 Å². The summed E-state index contributed by atoms with van der Waals surface area (Å²) in [6.45, 7) is 2.18. The average Bonchev–Trinajstić information content (AvgIpc) is 2.73. The number of hydrogen-bond acceptors (Lipinski definition) is 1. The summed E-state index contributed by atoms with van der Waals surface area (Å²) in [7, 11) is 0. The Morgan fingerprint density at radius 2 is 1.47 bits per heavy atom. The van der Waals surface area contributed by atoms with E-state index < -0.39 is 18.0 Å². The molecule has 1 aliphatic rings. The van der Waals surface area contributed by atoms with Crippen LogP contribution in [0.4, 0.5) is 22.0 Å². The van der Waals surface area contributed by atoms with Gasteiger partial charge in [-0.1, -0.05) is 38.0 Å². The SMILES string of the molecule is CCC[C@H]1CC[C@H](c2cc(F)c(-c3ccc4cc(OC(F)(F)F)ccc4c3)c(F)c2)CC1. The smallest absolute Gasteiger partial charge is 0.406 e. The van der Waals surface area contributed by atoms with Crippen molar-refractivity contribution in [3.05, 3.63) is 65.7 Å². The van der Waals surface area contributed by atoms with E-state index >= 15 is 8.78 Å². The number of alkyl halides is 3. The molecule has 1 nitrogen and oxygen atoms in total. The molecule has 0 saturated heterocycles. The molecule has 6 heteroatoms. The fourth-order valence-corrected chi connectivity index (χ4v) is 4.87. The molecule has 0 bridgehead atoms. The second-order valence-electron chi connectivity index (χ2n) is 8.64. The molecular weight excluding hydrogens is 423 g/mol. The summed E-state index contributed by atoms with van der Waals surface area (Å²) in [6, 6.07) is 11.4. The van der Waals surface area contributed by atoms with Crippen LogP contribution in [0.1, 0.15) is 56.9 Å². The van der Waals surface area contributed by atoms with E-state index in [1.165, 1.54) is 48.9 Å². The van der Waals surface area contributed by atoms with Crippen molar-refractivity contribution in [2.24, 2.45) is 5.92 Å². The first-order chi connectivity index (χ1) is 15.2. The fraction of sp³-hybridized carbons (Fsp3) is 0.385. The van der Waals surface area contributed by atoms with E-state index in [1.54, 1.807) is 6.07 Å². The summed E-state index contributed by atoms with van der Waals surface area (Å²) in [5.41, 5.74) is 0.926. The Balaban J connectivity index is 1.58. The van der Waals surface area contributed by atoms with E-state index in [1.807, 2.05) is 0 Å². The standard InChI is InChI=1S/C26H25F5O/c1-2-3-16-4-6-17(7-5-16)21-14-23(27)25(24(28)15-21)20-9-8-19-13-22(32-26(29,30)31)11-10-18(19)12-20/h8-17H,2-7H2,1H3/t16-,17-. The number of ether oxygens (including phenoxy) is 1. The zero-order valence-electron chi connectivity index (χ0n) is 17.8. The Bertz CT molecular complexity index is 1070. The van der Waals surface area contributed by atoms with Crippen LogP contribution in [0.2, 0.25) is 0 Å². The summed E-state index contributed by atoms with van der Waals surface area (Å²) in [5.74, 6) is -0.693. The van der Waals surface area contributed by atoms with Gasteiger partial charge in [-0.25, -0.2) is 8.78 Å². The summed E-state index contributed by atoms with van der Waals surface area (Å²) in [5, 5.41) is 1.05. The van der Waals surface area contributed by atoms with Gasteiger partial charge in [0.2, 0.25) is 0 Å². The van der Waals surface area contributed by atoms with E-state index in [2.05, 4.69) is 11.7 Å². The highest BCUT2D eigenvalue weighted by Gasteiger charge is 2.31. The number of hydrogen-bond donors (Lipinski definition) is 0. The van der Waals surface area contributed by atoms with Crippen LogP contribution in [0.25, 0.3) is 21.9 Å². The average molecular weight is 448 g/mol. The van der Waals surface area contributed by atoms with Crippen molar-refractivity contribution in [3.63, 3.8) is 0 Å². The summed E-state index contributed by atoms with van der Waals surface area (Å²) in [6.07, 6.45) is 1.66. The minimum atomic E-state index is -4.78. The maximum absolute atomic E-state index is 15.0. The van der Waals surface area contributed by atoms with Crippen molar-refractivity contribution in [1.29, 1.82) is 0 Å². The Morgan fingerprint density at radius 3 is 2.09 bits per heavy atom. The molecule has 0 amide bonds. The third-order valence-corrected chi connectivity index (χ3v) is 6.41. The van der Waals surface area contributed by atoms with Crippen molar-refractivity contribution in [1.82, 2.24) is 0 Å². The van der Waals surface area contributed by atoms with Gasteiger partial charge in [0.1, 0.15) is 17.4 Å². The minimum absolute atomic E-state index is 0.120. The number of fused-ring (bicyclic) bond motifs is 1. The minimum Gasteiger partial charge on any atom is -0.406 e. The molecule has 4 rings (SSSR count). The van der Waals surface area contributed by atoms with Gasteiger partial charge in [-0.05, 0) is 89.8 Å². The predicted octanol–water partition coefficient (Wildman–Crippen LogP) is 8.76. The molecule has 32 heavy (non-hydrogen) atoms. The van der Waals surface area contributed by atoms with Gasteiger partial charge in [-0.15, -0.1) is 13.2 Å². The highest BCUT2D eigenvalue weighted by atomic mass is 19.4. The molecule has 0 N–H and O–H groups in total. The van der Waals surface area contributed by atoms with Crippen LogP contribution in [0, 0.1) is 17.6 Å². The third kappa shape index (κ3) is 5.05. The Kier molecular flexibility index (Phi) is 6.40. The lowest BCUT2D eigenvalue weighted by Crippen LogP contribution is -2.16. The Labute approximate surface area is 184 Å². The summed E-state index contributed by atoms with van der Waals surface area (Å²) < 4.78 is 71.3. The lowest BCUT2D eigenvalue weighted by Gasteiger charge is -2.29.